The van der Waals surface area contributed by atoms with Gasteiger partial charge in [-0.2, -0.15) is 0 Å². The molecule has 6 amide bonds. The van der Waals surface area contributed by atoms with Crippen molar-refractivity contribution in [3.63, 3.8) is 0 Å². The Morgan fingerprint density at radius 3 is 1.18 bits per heavy atom. The van der Waals surface area contributed by atoms with E-state index in [9.17, 15) is 57.1 Å². The van der Waals surface area contributed by atoms with Crippen LogP contribution in [0.4, 0.5) is 31.8 Å². The smallest absolute Gasteiger partial charge is 0.320 e. The largest absolute Gasteiger partial charge is 0.778 e. The number of rotatable bonds is 35. The van der Waals surface area contributed by atoms with Crippen molar-refractivity contribution in [1.29, 1.82) is 0 Å². The highest BCUT2D eigenvalue weighted by Crippen LogP contribution is 2.49. The molecule has 7 unspecified atom stereocenters. The molecule has 658 valence electrons. The Labute approximate surface area is 697 Å². The number of carboxylic acid groups (broad SMARTS) is 3. The van der Waals surface area contributed by atoms with Crippen molar-refractivity contribution < 1.29 is 129 Å². The number of benzene rings is 3. The van der Waals surface area contributed by atoms with E-state index >= 15 is 0 Å². The lowest BCUT2D eigenvalue weighted by molar-refractivity contribution is -0.205. The number of nitrogens with zero attached hydrogens (tertiary/aromatic N) is 12. The zero-order valence-electron chi connectivity index (χ0n) is 65.5. The van der Waals surface area contributed by atoms with E-state index in [1.807, 2.05) is 97.1 Å². The Kier molecular flexibility index (Phi) is 30.1. The number of nitrogens with one attached hydrogen (secondary N) is 9. The maximum atomic E-state index is 12.4. The predicted molar refractivity (Wildman–Crippen MR) is 420 cm³/mol. The molecule has 0 saturated carbocycles. The molecular formula is C72H85N21O27P3-3. The van der Waals surface area contributed by atoms with Gasteiger partial charge in [-0.15, -0.1) is 0 Å². The van der Waals surface area contributed by atoms with E-state index in [1.165, 1.54) is 38.0 Å². The third-order valence-corrected chi connectivity index (χ3v) is 22.3. The lowest BCUT2D eigenvalue weighted by Gasteiger charge is -2.26. The molecule has 15 rings (SSSR count). The van der Waals surface area contributed by atoms with E-state index in [-0.39, 0.29) is 24.1 Å². The summed E-state index contributed by atoms with van der Waals surface area (Å²) in [5, 5.41) is 48.9. The molecule has 12 N–H and O–H groups in total. The van der Waals surface area contributed by atoms with Crippen LogP contribution < -0.4 is 62.5 Å². The molecule has 51 heteroatoms. The minimum atomic E-state index is -4.45. The van der Waals surface area contributed by atoms with Gasteiger partial charge in [0.15, 0.2) is 88.5 Å². The molecule has 0 aliphatic carbocycles. The maximum Gasteiger partial charge on any atom is 0.320 e. The summed E-state index contributed by atoms with van der Waals surface area (Å²) in [7, 11) is -13.3. The van der Waals surface area contributed by atoms with E-state index in [4.69, 9.17) is 71.5 Å². The van der Waals surface area contributed by atoms with E-state index in [0.717, 1.165) is 16.7 Å². The van der Waals surface area contributed by atoms with Gasteiger partial charge < -0.3 is 116 Å². The zero-order valence-corrected chi connectivity index (χ0v) is 68.2. The SMILES string of the molecule is CCNC(=O)Nc1ncnc2c1ncn2[C@@H]1O[C@H](COP(=O)([O-])CNCC(=O)O)C2OC(Cc3ccccc3)O[C@@H]21.CCNC(=O)Nc1ncnc2c1ncn2[C@@H]1O[C@H](COP(=O)([O-])CNCC(=O)O)C2O[C@H](/C=C/c3ccccc3)O[C@@H]21.CCNC(=O)Nc1ncnc2c1ncn2[C@@H]1O[C@H](COP(=O)([O-])CNCC(=O)O)C2O[C@H](c3ccccc3)O[C@@H]21. The zero-order chi connectivity index (χ0) is 87.0. The molecule has 0 bridgehead atoms. The number of amides is 6. The van der Waals surface area contributed by atoms with Gasteiger partial charge in [0, 0.05) is 31.6 Å². The van der Waals surface area contributed by atoms with Crippen molar-refractivity contribution in [2.75, 3.05) is 93.9 Å². The van der Waals surface area contributed by atoms with Crippen LogP contribution in [0.5, 0.6) is 0 Å². The summed E-state index contributed by atoms with van der Waals surface area (Å²) < 4.78 is 113. The molecule has 6 fully saturated rings. The third-order valence-electron chi connectivity index (χ3n) is 18.8. The Morgan fingerprint density at radius 2 is 0.780 bits per heavy atom. The van der Waals surface area contributed by atoms with Crippen LogP contribution in [0.25, 0.3) is 39.6 Å². The molecular weight excluding hydrogens is 1680 g/mol. The van der Waals surface area contributed by atoms with Gasteiger partial charge >= 0.3 is 36.0 Å². The van der Waals surface area contributed by atoms with Crippen molar-refractivity contribution in [3.8, 4) is 0 Å². The van der Waals surface area contributed by atoms with Crippen molar-refractivity contribution in [1.82, 2.24) is 90.5 Å². The van der Waals surface area contributed by atoms with Gasteiger partial charge in [-0.1, -0.05) is 97.1 Å². The second-order valence-corrected chi connectivity index (χ2v) is 32.9. The number of imidazole rings is 3. The van der Waals surface area contributed by atoms with Crippen molar-refractivity contribution in [2.45, 2.75) is 120 Å². The highest BCUT2D eigenvalue weighted by atomic mass is 31.2. The lowest BCUT2D eigenvalue weighted by atomic mass is 10.1. The minimum Gasteiger partial charge on any atom is -0.778 e. The average Bonchev–Trinajstić information content (AvgIpc) is 1.60. The molecule has 18 atom stereocenters. The number of fused-ring (bicyclic) bond motifs is 6. The second-order valence-electron chi connectivity index (χ2n) is 27.5. The normalized spacial score (nSPS) is 25.1. The highest BCUT2D eigenvalue weighted by molar-refractivity contribution is 7.51. The minimum absolute atomic E-state index is 0.188. The van der Waals surface area contributed by atoms with E-state index in [1.54, 1.807) is 40.5 Å². The molecule has 0 spiro atoms. The van der Waals surface area contributed by atoms with Crippen LogP contribution in [-0.2, 0) is 90.7 Å². The number of ether oxygens (including phenoxy) is 9. The van der Waals surface area contributed by atoms with Crippen LogP contribution in [0.15, 0.2) is 135 Å². The summed E-state index contributed by atoms with van der Waals surface area (Å²) in [6.07, 6.45) is -1.38. The number of carbonyl (C=O) groups excluding carboxylic acids is 3. The van der Waals surface area contributed by atoms with Crippen LogP contribution in [0.2, 0.25) is 0 Å². The summed E-state index contributed by atoms with van der Waals surface area (Å²) in [6, 6.07) is 27.0. The molecule has 6 aromatic heterocycles. The van der Waals surface area contributed by atoms with E-state index < -0.39 is 203 Å². The summed E-state index contributed by atoms with van der Waals surface area (Å²) in [4.78, 5) is 144. The van der Waals surface area contributed by atoms with Gasteiger partial charge in [0.05, 0.1) is 77.3 Å². The van der Waals surface area contributed by atoms with Crippen LogP contribution in [-0.4, -0.2) is 255 Å². The fourth-order valence-corrected chi connectivity index (χ4v) is 16.2. The molecule has 123 heavy (non-hydrogen) atoms. The van der Waals surface area contributed by atoms with Crippen molar-refractivity contribution in [3.05, 3.63) is 152 Å². The first-order chi connectivity index (χ1) is 59.2. The number of carboxylic acids is 3. The Morgan fingerprint density at radius 1 is 0.439 bits per heavy atom. The Hall–Kier alpha value is -10.8. The molecule has 0 radical (unpaired) electrons. The molecule has 12 heterocycles. The molecule has 48 nitrogen and oxygen atoms in total. The fourth-order valence-electron chi connectivity index (χ4n) is 13.6. The van der Waals surface area contributed by atoms with Crippen LogP contribution in [0, 0.1) is 0 Å². The Balaban J connectivity index is 0.000000159. The molecule has 6 saturated heterocycles. The number of aromatic nitrogens is 12. The maximum absolute atomic E-state index is 12.4. The molecule has 3 aromatic carbocycles. The quantitative estimate of drug-likeness (QED) is 0.0252. The van der Waals surface area contributed by atoms with Crippen molar-refractivity contribution in [2.24, 2.45) is 0 Å². The number of hydrogen-bond donors (Lipinski definition) is 12. The highest BCUT2D eigenvalue weighted by Gasteiger charge is 2.57. The predicted octanol–water partition coefficient (Wildman–Crippen LogP) is 1.86. The van der Waals surface area contributed by atoms with Crippen molar-refractivity contribution >= 4 is 116 Å². The van der Waals surface area contributed by atoms with Gasteiger partial charge in [-0.05, 0) is 38.0 Å². The number of urea groups is 3. The van der Waals surface area contributed by atoms with Gasteiger partial charge in [0.25, 0.3) is 0 Å². The summed E-state index contributed by atoms with van der Waals surface area (Å²) in [6.45, 7) is 3.79. The third kappa shape index (κ3) is 23.2. The van der Waals surface area contributed by atoms with Crippen LogP contribution >= 0.6 is 22.8 Å². The molecule has 9 aromatic rings. The summed E-state index contributed by atoms with van der Waals surface area (Å²) in [5.41, 5.74) is 4.61. The second kappa shape index (κ2) is 41.2. The number of aliphatic carboxylic acids is 3. The van der Waals surface area contributed by atoms with Crippen LogP contribution in [0.1, 0.15) is 62.4 Å². The lowest BCUT2D eigenvalue weighted by Crippen LogP contribution is -2.33. The monoisotopic (exact) mass is 1770 g/mol. The summed E-state index contributed by atoms with van der Waals surface area (Å²) >= 11 is 0. The van der Waals surface area contributed by atoms with E-state index in [0.29, 0.717) is 59.5 Å². The standard InChI is InChI=1S/C25H30N7O9P.C24H30N7O9P.C23H28N7O9P/c1-2-27-25(35)31-22-19-23(29-12-28-22)32(13-30-19)24-21-20(40-18(41-21)9-8-15-6-4-3-5-7-15)16(39-24)11-38-42(36,37)14-26-10-17(33)34;1-2-26-24(34)30-21-18-22(28-11-27-21)31(12-29-18)23-20-19(39-17(40-20)8-14-6-4-3-5-7-14)15(38-23)10-37-41(35,36)13-25-9-16(32)33;1-2-25-23(33)29-19-16-20(27-10-26-19)30(11-28-16)21-18-17(38-22(39-18)13-6-4-3-5-7-13)14(37-21)9-36-40(34,35)12-24-8-15(31)32/h3-9,12-13,16,18,20-21,24,26H,2,10-11,14H2,1H3,(H,33,34)(H,36,37)(H2,27,28,29,31,35);3-7,11-12,15,17,19-20,23,25H,2,8-10,13H2,1H3,(H,32,33)(H,35,36)(H2,26,27,28,30,34);3-7,10-11,14,17-18,21-22,24H,2,8-9,12H2,1H3,(H,31,32)(H,34,35)(H2,25,26,27,29,33)/p-3/b9-8+;;/t16-,18+,20?,21+,24-;15-,17?,19?,20+,23-;14-,17?,18+,21-,22+/m111/s1. The number of carbonyl (C=O) groups is 6. The average molecular weight is 1770 g/mol. The summed E-state index contributed by atoms with van der Waals surface area (Å²) in [5.74, 6) is -3.03. The number of hydrogen-bond acceptors (Lipinski definition) is 36. The van der Waals surface area contributed by atoms with E-state index in [2.05, 4.69) is 92.7 Å². The topological polar surface area (TPSA) is 633 Å². The Bertz CT molecular complexity index is 5340. The first-order valence-corrected chi connectivity index (χ1v) is 43.4. The van der Waals surface area contributed by atoms with Gasteiger partial charge in [0.2, 0.25) is 0 Å². The molecule has 6 aliphatic rings. The first kappa shape index (κ1) is 90.0. The first-order valence-electron chi connectivity index (χ1n) is 38.2. The fraction of sp³-hybridized carbons (Fsp3) is 0.431. The number of anilines is 3. The molecule has 6 aliphatic heterocycles. The van der Waals surface area contributed by atoms with Gasteiger partial charge in [-0.3, -0.25) is 60.0 Å². The van der Waals surface area contributed by atoms with Gasteiger partial charge in [-0.25, -0.2) is 59.2 Å². The van der Waals surface area contributed by atoms with Crippen LogP contribution in [0.3, 0.4) is 0 Å². The van der Waals surface area contributed by atoms with Gasteiger partial charge in [0.1, 0.15) is 96.7 Å².